The molecule has 2 aromatic rings. The molecule has 5 heteroatoms. The Hall–Kier alpha value is -1.49. The molecule has 1 aromatic carbocycles. The molecule has 0 bridgehead atoms. The number of thiophene rings is 1. The number of nitrogens with one attached hydrogen (secondary N) is 1. The maximum Gasteiger partial charge on any atom is 0.416 e. The van der Waals surface area contributed by atoms with Crippen LogP contribution in [0.15, 0.2) is 35.7 Å². The van der Waals surface area contributed by atoms with Crippen LogP contribution in [-0.2, 0) is 6.18 Å². The normalized spacial score (nSPS) is 16.8. The summed E-state index contributed by atoms with van der Waals surface area (Å²) in [4.78, 5) is 1.19. The fraction of sp³-hybridized carbons (Fsp3) is 0.375. The maximum atomic E-state index is 12.9. The molecule has 1 fully saturated rings. The summed E-state index contributed by atoms with van der Waals surface area (Å²) in [7, 11) is 0. The van der Waals surface area contributed by atoms with E-state index >= 15 is 0 Å². The van der Waals surface area contributed by atoms with Crippen LogP contribution in [0.1, 0.15) is 34.9 Å². The van der Waals surface area contributed by atoms with Crippen LogP contribution in [0.4, 0.5) is 18.9 Å². The second kappa shape index (κ2) is 5.37. The summed E-state index contributed by atoms with van der Waals surface area (Å²) in [5.74, 6) is 0.526. The first-order chi connectivity index (χ1) is 9.95. The van der Waals surface area contributed by atoms with Crippen LogP contribution in [0.25, 0.3) is 0 Å². The first-order valence-electron chi connectivity index (χ1n) is 6.93. The molecule has 1 heterocycles. The summed E-state index contributed by atoms with van der Waals surface area (Å²) in [6, 6.07) is 8.03. The minimum absolute atomic E-state index is 0.118. The zero-order chi connectivity index (χ0) is 15.0. The first kappa shape index (κ1) is 14.4. The van der Waals surface area contributed by atoms with Crippen molar-refractivity contribution in [3.63, 3.8) is 0 Å². The van der Waals surface area contributed by atoms with E-state index in [4.69, 9.17) is 0 Å². The van der Waals surface area contributed by atoms with Crippen molar-refractivity contribution in [2.24, 2.45) is 5.92 Å². The van der Waals surface area contributed by atoms with Crippen LogP contribution >= 0.6 is 11.3 Å². The molecule has 1 unspecified atom stereocenters. The molecule has 1 saturated carbocycles. The van der Waals surface area contributed by atoms with E-state index in [2.05, 4.69) is 5.32 Å². The number of benzene rings is 1. The van der Waals surface area contributed by atoms with Crippen molar-refractivity contribution in [1.82, 2.24) is 0 Å². The lowest BCUT2D eigenvalue weighted by Gasteiger charge is -2.21. The molecule has 3 rings (SSSR count). The number of hydrogen-bond donors (Lipinski definition) is 1. The third-order valence-corrected chi connectivity index (χ3v) is 4.77. The quantitative estimate of drug-likeness (QED) is 0.770. The van der Waals surface area contributed by atoms with Crippen molar-refractivity contribution in [3.05, 3.63) is 51.7 Å². The molecule has 0 radical (unpaired) electrons. The van der Waals surface area contributed by atoms with Crippen molar-refractivity contribution in [2.45, 2.75) is 32.0 Å². The number of hydrogen-bond acceptors (Lipinski definition) is 2. The van der Waals surface area contributed by atoms with E-state index in [9.17, 15) is 13.2 Å². The van der Waals surface area contributed by atoms with Crippen LogP contribution in [0.5, 0.6) is 0 Å². The van der Waals surface area contributed by atoms with Gasteiger partial charge < -0.3 is 5.32 Å². The molecule has 1 nitrogen and oxygen atoms in total. The highest BCUT2D eigenvalue weighted by molar-refractivity contribution is 7.10. The molecule has 0 saturated heterocycles. The standard InChI is InChI=1S/C16H16F3NS/c1-10-4-7-12(16(17,18)19)9-13(10)20-15(11-5-6-11)14-3-2-8-21-14/h2-4,7-9,11,15,20H,5-6H2,1H3. The second-order valence-corrected chi connectivity index (χ2v) is 6.48. The van der Waals surface area contributed by atoms with Gasteiger partial charge in [-0.1, -0.05) is 12.1 Å². The molecule has 1 N–H and O–H groups in total. The number of rotatable bonds is 4. The molecule has 0 amide bonds. The molecule has 112 valence electrons. The number of aryl methyl sites for hydroxylation is 1. The summed E-state index contributed by atoms with van der Waals surface area (Å²) < 4.78 is 38.6. The van der Waals surface area contributed by atoms with Gasteiger partial charge in [-0.15, -0.1) is 11.3 Å². The van der Waals surface area contributed by atoms with Crippen molar-refractivity contribution >= 4 is 17.0 Å². The molecule has 0 spiro atoms. The van der Waals surface area contributed by atoms with Gasteiger partial charge in [0.2, 0.25) is 0 Å². The van der Waals surface area contributed by atoms with Gasteiger partial charge in [-0.05, 0) is 54.8 Å². The number of alkyl halides is 3. The van der Waals surface area contributed by atoms with E-state index in [1.54, 1.807) is 11.3 Å². The summed E-state index contributed by atoms with van der Waals surface area (Å²) in [5, 5.41) is 5.34. The molecule has 1 aliphatic carbocycles. The second-order valence-electron chi connectivity index (χ2n) is 5.50. The Morgan fingerprint density at radius 3 is 2.57 bits per heavy atom. The molecule has 1 aliphatic rings. The van der Waals surface area contributed by atoms with Gasteiger partial charge in [0.25, 0.3) is 0 Å². The predicted octanol–water partition coefficient (Wildman–Crippen LogP) is 5.64. The Bertz CT molecular complexity index is 615. The molecule has 21 heavy (non-hydrogen) atoms. The van der Waals surface area contributed by atoms with Gasteiger partial charge in [-0.3, -0.25) is 0 Å². The zero-order valence-corrected chi connectivity index (χ0v) is 12.4. The van der Waals surface area contributed by atoms with Gasteiger partial charge in [-0.25, -0.2) is 0 Å². The highest BCUT2D eigenvalue weighted by Gasteiger charge is 2.34. The van der Waals surface area contributed by atoms with Gasteiger partial charge in [0.05, 0.1) is 11.6 Å². The highest BCUT2D eigenvalue weighted by atomic mass is 32.1. The fourth-order valence-electron chi connectivity index (χ4n) is 2.44. The lowest BCUT2D eigenvalue weighted by Crippen LogP contribution is -2.13. The molecule has 1 atom stereocenters. The maximum absolute atomic E-state index is 12.9. The monoisotopic (exact) mass is 311 g/mol. The third kappa shape index (κ3) is 3.23. The van der Waals surface area contributed by atoms with E-state index < -0.39 is 11.7 Å². The molecule has 0 aliphatic heterocycles. The van der Waals surface area contributed by atoms with E-state index in [0.717, 1.165) is 24.5 Å². The topological polar surface area (TPSA) is 12.0 Å². The molecule has 1 aromatic heterocycles. The highest BCUT2D eigenvalue weighted by Crippen LogP contribution is 2.45. The predicted molar refractivity (Wildman–Crippen MR) is 79.6 cm³/mol. The van der Waals surface area contributed by atoms with Gasteiger partial charge in [-0.2, -0.15) is 13.2 Å². The Labute approximate surface area is 125 Å². The minimum Gasteiger partial charge on any atom is -0.377 e. The zero-order valence-electron chi connectivity index (χ0n) is 11.6. The largest absolute Gasteiger partial charge is 0.416 e. The van der Waals surface area contributed by atoms with E-state index in [-0.39, 0.29) is 6.04 Å². The van der Waals surface area contributed by atoms with Crippen LogP contribution < -0.4 is 5.32 Å². The van der Waals surface area contributed by atoms with E-state index in [1.165, 1.54) is 17.0 Å². The van der Waals surface area contributed by atoms with Gasteiger partial charge in [0, 0.05) is 10.6 Å². The van der Waals surface area contributed by atoms with Gasteiger partial charge in [0.1, 0.15) is 0 Å². The SMILES string of the molecule is Cc1ccc(C(F)(F)F)cc1NC(c1cccs1)C1CC1. The average Bonchev–Trinajstić information content (AvgIpc) is 3.11. The lowest BCUT2D eigenvalue weighted by atomic mass is 10.1. The van der Waals surface area contributed by atoms with Gasteiger partial charge >= 0.3 is 6.18 Å². The first-order valence-corrected chi connectivity index (χ1v) is 7.81. The van der Waals surface area contributed by atoms with Crippen LogP contribution in [-0.4, -0.2) is 0 Å². The summed E-state index contributed by atoms with van der Waals surface area (Å²) in [6.07, 6.45) is -2.04. The van der Waals surface area contributed by atoms with Gasteiger partial charge in [0.15, 0.2) is 0 Å². The third-order valence-electron chi connectivity index (χ3n) is 3.82. The molecular formula is C16H16F3NS. The van der Waals surface area contributed by atoms with Crippen LogP contribution in [0.2, 0.25) is 0 Å². The Kier molecular flexibility index (Phi) is 3.69. The summed E-state index contributed by atoms with van der Waals surface area (Å²) >= 11 is 1.65. The smallest absolute Gasteiger partial charge is 0.377 e. The van der Waals surface area contributed by atoms with E-state index in [0.29, 0.717) is 11.6 Å². The average molecular weight is 311 g/mol. The van der Waals surface area contributed by atoms with Crippen molar-refractivity contribution in [2.75, 3.05) is 5.32 Å². The lowest BCUT2D eigenvalue weighted by molar-refractivity contribution is -0.137. The fourth-order valence-corrected chi connectivity index (χ4v) is 3.31. The Morgan fingerprint density at radius 2 is 2.00 bits per heavy atom. The Balaban J connectivity index is 1.89. The minimum atomic E-state index is -4.30. The Morgan fingerprint density at radius 1 is 1.24 bits per heavy atom. The van der Waals surface area contributed by atoms with Crippen molar-refractivity contribution in [3.8, 4) is 0 Å². The van der Waals surface area contributed by atoms with Crippen molar-refractivity contribution < 1.29 is 13.2 Å². The number of anilines is 1. The summed E-state index contributed by atoms with van der Waals surface area (Å²) in [5.41, 5.74) is 0.816. The van der Waals surface area contributed by atoms with Crippen LogP contribution in [0, 0.1) is 12.8 Å². The van der Waals surface area contributed by atoms with Crippen molar-refractivity contribution in [1.29, 1.82) is 0 Å². The summed E-state index contributed by atoms with van der Waals surface area (Å²) in [6.45, 7) is 1.83. The van der Waals surface area contributed by atoms with E-state index in [1.807, 2.05) is 24.4 Å². The number of halogens is 3. The molecular weight excluding hydrogens is 295 g/mol. The van der Waals surface area contributed by atoms with Crippen LogP contribution in [0.3, 0.4) is 0 Å².